The number of aromatic nitrogens is 2. The van der Waals surface area contributed by atoms with Gasteiger partial charge in [-0.1, -0.05) is 60.1 Å². The molecule has 0 spiro atoms. The molecule has 2 aromatic carbocycles. The van der Waals surface area contributed by atoms with Crippen molar-refractivity contribution in [2.24, 2.45) is 0 Å². The van der Waals surface area contributed by atoms with E-state index in [1.165, 1.54) is 0 Å². The molecule has 1 aliphatic heterocycles. The largest absolute Gasteiger partial charge is 0.507 e. The summed E-state index contributed by atoms with van der Waals surface area (Å²) in [5, 5.41) is 15.9. The Morgan fingerprint density at radius 3 is 2.34 bits per heavy atom. The molecule has 182 valence electrons. The maximum absolute atomic E-state index is 13.3. The van der Waals surface area contributed by atoms with E-state index < -0.39 is 17.7 Å². The first-order valence-corrected chi connectivity index (χ1v) is 12.5. The van der Waals surface area contributed by atoms with E-state index in [4.69, 9.17) is 0 Å². The Morgan fingerprint density at radius 1 is 1.06 bits per heavy atom. The number of rotatable bonds is 8. The Balaban J connectivity index is 1.81. The average Bonchev–Trinajstić information content (AvgIpc) is 3.38. The van der Waals surface area contributed by atoms with Crippen LogP contribution in [-0.4, -0.2) is 62.6 Å². The molecule has 0 radical (unpaired) electrons. The van der Waals surface area contributed by atoms with Crippen molar-refractivity contribution in [3.63, 3.8) is 0 Å². The van der Waals surface area contributed by atoms with Gasteiger partial charge in [0.25, 0.3) is 11.7 Å². The third kappa shape index (κ3) is 4.81. The summed E-state index contributed by atoms with van der Waals surface area (Å²) in [5.41, 5.74) is 2.80. The SMILES string of the molecule is CCN(CC)CCN1C(=O)C(=O)C(=C(O)c2cnn(-c3ccccc3)c2C)C1c1ccc(Br)cc1. The normalized spacial score (nSPS) is 17.5. The van der Waals surface area contributed by atoms with Crippen molar-refractivity contribution in [3.05, 3.63) is 87.7 Å². The third-order valence-corrected chi connectivity index (χ3v) is 7.07. The van der Waals surface area contributed by atoms with Gasteiger partial charge in [0.15, 0.2) is 0 Å². The highest BCUT2D eigenvalue weighted by Gasteiger charge is 2.46. The summed E-state index contributed by atoms with van der Waals surface area (Å²) in [7, 11) is 0. The lowest BCUT2D eigenvalue weighted by Gasteiger charge is -2.28. The Morgan fingerprint density at radius 2 is 1.71 bits per heavy atom. The van der Waals surface area contributed by atoms with Crippen molar-refractivity contribution in [1.82, 2.24) is 19.6 Å². The van der Waals surface area contributed by atoms with Gasteiger partial charge in [0.1, 0.15) is 5.76 Å². The second kappa shape index (κ2) is 10.6. The van der Waals surface area contributed by atoms with Gasteiger partial charge in [-0.25, -0.2) is 4.68 Å². The van der Waals surface area contributed by atoms with Crippen LogP contribution in [0.4, 0.5) is 0 Å². The number of carbonyl (C=O) groups is 2. The van der Waals surface area contributed by atoms with E-state index in [9.17, 15) is 14.7 Å². The Kier molecular flexibility index (Phi) is 7.52. The summed E-state index contributed by atoms with van der Waals surface area (Å²) in [6, 6.07) is 16.4. The highest BCUT2D eigenvalue weighted by Crippen LogP contribution is 2.40. The first kappa shape index (κ1) is 24.9. The van der Waals surface area contributed by atoms with Crippen molar-refractivity contribution in [2.45, 2.75) is 26.8 Å². The summed E-state index contributed by atoms with van der Waals surface area (Å²) >= 11 is 3.45. The second-order valence-corrected chi connectivity index (χ2v) is 9.38. The lowest BCUT2D eigenvalue weighted by Crippen LogP contribution is -2.38. The standard InChI is InChI=1S/C27H29BrN4O3/c1-4-30(5-2)15-16-31-24(19-11-13-20(28)14-12-19)23(26(34)27(31)35)25(33)22-17-29-32(18(22)3)21-9-7-6-8-10-21/h6-14,17,24,33H,4-5,15-16H2,1-3H3. The van der Waals surface area contributed by atoms with E-state index >= 15 is 0 Å². The molecule has 0 bridgehead atoms. The second-order valence-electron chi connectivity index (χ2n) is 8.46. The topological polar surface area (TPSA) is 78.7 Å². The number of hydrogen-bond acceptors (Lipinski definition) is 5. The quantitative estimate of drug-likeness (QED) is 0.256. The summed E-state index contributed by atoms with van der Waals surface area (Å²) < 4.78 is 2.60. The van der Waals surface area contributed by atoms with E-state index in [0.717, 1.165) is 28.8 Å². The number of aliphatic hydroxyl groups is 1. The lowest BCUT2D eigenvalue weighted by atomic mass is 9.95. The number of aliphatic hydroxyl groups excluding tert-OH is 1. The van der Waals surface area contributed by atoms with Crippen LogP contribution in [0.1, 0.15) is 36.7 Å². The molecule has 7 nitrogen and oxygen atoms in total. The molecule has 1 atom stereocenters. The van der Waals surface area contributed by atoms with Crippen molar-refractivity contribution in [1.29, 1.82) is 0 Å². The van der Waals surface area contributed by atoms with Crippen LogP contribution < -0.4 is 0 Å². The first-order chi connectivity index (χ1) is 16.9. The molecule has 0 saturated carbocycles. The summed E-state index contributed by atoms with van der Waals surface area (Å²) in [5.74, 6) is -1.48. The zero-order valence-electron chi connectivity index (χ0n) is 20.1. The first-order valence-electron chi connectivity index (χ1n) is 11.7. The van der Waals surface area contributed by atoms with Crippen molar-refractivity contribution in [3.8, 4) is 5.69 Å². The molecular weight excluding hydrogens is 508 g/mol. The maximum Gasteiger partial charge on any atom is 0.295 e. The zero-order valence-corrected chi connectivity index (χ0v) is 21.7. The number of nitrogens with zero attached hydrogens (tertiary/aromatic N) is 4. The number of halogens is 1. The van der Waals surface area contributed by atoms with Crippen LogP contribution in [-0.2, 0) is 9.59 Å². The fourth-order valence-electron chi connectivity index (χ4n) is 4.51. The smallest absolute Gasteiger partial charge is 0.295 e. The van der Waals surface area contributed by atoms with Crippen LogP contribution in [0, 0.1) is 6.92 Å². The van der Waals surface area contributed by atoms with Gasteiger partial charge in [0, 0.05) is 17.6 Å². The number of para-hydroxylation sites is 1. The molecule has 1 aromatic heterocycles. The van der Waals surface area contributed by atoms with E-state index in [1.807, 2.05) is 61.5 Å². The minimum Gasteiger partial charge on any atom is -0.507 e. The van der Waals surface area contributed by atoms with Gasteiger partial charge in [0.2, 0.25) is 0 Å². The van der Waals surface area contributed by atoms with Gasteiger partial charge >= 0.3 is 0 Å². The van der Waals surface area contributed by atoms with Crippen molar-refractivity contribution >= 4 is 33.4 Å². The number of benzene rings is 2. The van der Waals surface area contributed by atoms with Crippen LogP contribution in [0.5, 0.6) is 0 Å². The summed E-state index contributed by atoms with van der Waals surface area (Å²) in [4.78, 5) is 30.3. The molecule has 35 heavy (non-hydrogen) atoms. The van der Waals surface area contributed by atoms with Crippen LogP contribution in [0.25, 0.3) is 11.4 Å². The molecule has 1 saturated heterocycles. The van der Waals surface area contributed by atoms with Gasteiger partial charge in [-0.05, 0) is 49.8 Å². The van der Waals surface area contributed by atoms with Gasteiger partial charge in [-0.2, -0.15) is 5.10 Å². The Bertz CT molecular complexity index is 1250. The van der Waals surface area contributed by atoms with Gasteiger partial charge < -0.3 is 14.9 Å². The predicted octanol–water partition coefficient (Wildman–Crippen LogP) is 4.71. The van der Waals surface area contributed by atoms with Crippen LogP contribution in [0.2, 0.25) is 0 Å². The fourth-order valence-corrected chi connectivity index (χ4v) is 4.77. The number of hydrogen-bond donors (Lipinski definition) is 1. The summed E-state index contributed by atoms with van der Waals surface area (Å²) in [6.45, 7) is 8.68. The Labute approximate surface area is 213 Å². The number of ketones is 1. The number of amides is 1. The number of Topliss-reactive ketones (excluding diaryl/α,β-unsaturated/α-hetero) is 1. The summed E-state index contributed by atoms with van der Waals surface area (Å²) in [6.07, 6.45) is 1.54. The van der Waals surface area contributed by atoms with Crippen molar-refractivity contribution < 1.29 is 14.7 Å². The molecule has 1 fully saturated rings. The molecule has 1 unspecified atom stereocenters. The molecule has 4 rings (SSSR count). The van der Waals surface area contributed by atoms with E-state index in [2.05, 4.69) is 39.8 Å². The maximum atomic E-state index is 13.3. The molecular formula is C27H29BrN4O3. The van der Waals surface area contributed by atoms with Gasteiger partial charge in [-0.3, -0.25) is 9.59 Å². The molecule has 1 amide bonds. The highest BCUT2D eigenvalue weighted by atomic mass is 79.9. The zero-order chi connectivity index (χ0) is 25.1. The molecule has 8 heteroatoms. The number of carbonyl (C=O) groups excluding carboxylic acids is 2. The fraction of sp³-hybridized carbons (Fsp3) is 0.296. The predicted molar refractivity (Wildman–Crippen MR) is 139 cm³/mol. The molecule has 1 N–H and O–H groups in total. The van der Waals surface area contributed by atoms with Crippen LogP contribution in [0.3, 0.4) is 0 Å². The third-order valence-electron chi connectivity index (χ3n) is 6.54. The van der Waals surface area contributed by atoms with Gasteiger partial charge in [-0.15, -0.1) is 0 Å². The molecule has 2 heterocycles. The van der Waals surface area contributed by atoms with Gasteiger partial charge in [0.05, 0.1) is 34.8 Å². The number of likely N-dealkylation sites (tertiary alicyclic amines) is 1. The van der Waals surface area contributed by atoms with E-state index in [-0.39, 0.29) is 11.3 Å². The highest BCUT2D eigenvalue weighted by molar-refractivity contribution is 9.10. The average molecular weight is 537 g/mol. The monoisotopic (exact) mass is 536 g/mol. The molecule has 1 aliphatic rings. The van der Waals surface area contributed by atoms with Crippen molar-refractivity contribution in [2.75, 3.05) is 26.2 Å². The molecule has 3 aromatic rings. The number of likely N-dealkylation sites (N-methyl/N-ethyl adjacent to an activating group) is 1. The Hall–Kier alpha value is -3.23. The lowest BCUT2D eigenvalue weighted by molar-refractivity contribution is -0.140. The van der Waals surface area contributed by atoms with E-state index in [0.29, 0.717) is 24.3 Å². The minimum absolute atomic E-state index is 0.0904. The van der Waals surface area contributed by atoms with E-state index in [1.54, 1.807) is 15.8 Å². The minimum atomic E-state index is -0.682. The van der Waals surface area contributed by atoms with Crippen LogP contribution in [0.15, 0.2) is 70.8 Å². The van der Waals surface area contributed by atoms with Crippen LogP contribution >= 0.6 is 15.9 Å². The molecule has 0 aliphatic carbocycles.